The number of hydrogen-bond acceptors (Lipinski definition) is 2. The van der Waals surface area contributed by atoms with Crippen molar-refractivity contribution >= 4 is 0 Å². The van der Waals surface area contributed by atoms with Crippen molar-refractivity contribution < 1.29 is 5.11 Å². The summed E-state index contributed by atoms with van der Waals surface area (Å²) in [6.07, 6.45) is 2.23. The van der Waals surface area contributed by atoms with Crippen LogP contribution in [0.1, 0.15) is 52.1 Å². The third kappa shape index (κ3) is 4.39. The molecule has 1 aromatic carbocycles. The van der Waals surface area contributed by atoms with Gasteiger partial charge in [0.05, 0.1) is 0 Å². The van der Waals surface area contributed by atoms with Gasteiger partial charge in [-0.1, -0.05) is 39.8 Å². The van der Waals surface area contributed by atoms with Crippen molar-refractivity contribution in [3.63, 3.8) is 0 Å². The maximum atomic E-state index is 9.29. The largest absolute Gasteiger partial charge is 0.508 e. The van der Waals surface area contributed by atoms with Crippen LogP contribution in [0.3, 0.4) is 0 Å². The lowest BCUT2D eigenvalue weighted by Gasteiger charge is -2.27. The van der Waals surface area contributed by atoms with E-state index in [9.17, 15) is 5.11 Å². The molecule has 0 saturated carbocycles. The minimum Gasteiger partial charge on any atom is -0.508 e. The smallest absolute Gasteiger partial charge is 0.115 e. The number of aromatic hydroxyl groups is 1. The highest BCUT2D eigenvalue weighted by atomic mass is 16.3. The molecule has 17 heavy (non-hydrogen) atoms. The lowest BCUT2D eigenvalue weighted by molar-refractivity contribution is 0.307. The van der Waals surface area contributed by atoms with Gasteiger partial charge >= 0.3 is 0 Å². The first-order chi connectivity index (χ1) is 7.98. The summed E-state index contributed by atoms with van der Waals surface area (Å²) in [5.41, 5.74) is 1.59. The highest BCUT2D eigenvalue weighted by molar-refractivity contribution is 5.27. The maximum absolute atomic E-state index is 9.29. The molecule has 0 aliphatic rings. The van der Waals surface area contributed by atoms with E-state index in [2.05, 4.69) is 33.0 Å². The van der Waals surface area contributed by atoms with Gasteiger partial charge in [0.25, 0.3) is 0 Å². The number of phenolic OH excluding ortho intramolecular Hbond substituents is 1. The summed E-state index contributed by atoms with van der Waals surface area (Å²) in [6.45, 7) is 9.99. The summed E-state index contributed by atoms with van der Waals surface area (Å²) in [6, 6.07) is 7.88. The number of benzene rings is 1. The lowest BCUT2D eigenvalue weighted by atomic mass is 9.89. The Balaban J connectivity index is 2.63. The van der Waals surface area contributed by atoms with Gasteiger partial charge in [-0.2, -0.15) is 0 Å². The summed E-state index contributed by atoms with van der Waals surface area (Å²) >= 11 is 0. The Hall–Kier alpha value is -1.02. The van der Waals surface area contributed by atoms with Gasteiger partial charge in [0.1, 0.15) is 5.75 Å². The first kappa shape index (κ1) is 14.0. The van der Waals surface area contributed by atoms with Crippen LogP contribution < -0.4 is 5.32 Å². The number of hydrogen-bond donors (Lipinski definition) is 2. The summed E-state index contributed by atoms with van der Waals surface area (Å²) < 4.78 is 0. The van der Waals surface area contributed by atoms with Crippen LogP contribution in [0.2, 0.25) is 0 Å². The van der Waals surface area contributed by atoms with Crippen molar-refractivity contribution in [1.29, 1.82) is 0 Å². The predicted molar refractivity (Wildman–Crippen MR) is 73.2 cm³/mol. The van der Waals surface area contributed by atoms with Crippen molar-refractivity contribution in [2.75, 3.05) is 6.54 Å². The molecule has 96 valence electrons. The average molecular weight is 235 g/mol. The van der Waals surface area contributed by atoms with E-state index in [0.717, 1.165) is 13.0 Å². The molecular formula is C15H25NO. The van der Waals surface area contributed by atoms with Crippen molar-refractivity contribution in [3.8, 4) is 5.75 Å². The van der Waals surface area contributed by atoms with Crippen LogP contribution in [-0.2, 0) is 0 Å². The molecule has 0 aliphatic heterocycles. The van der Waals surface area contributed by atoms with Crippen LogP contribution in [0.4, 0.5) is 0 Å². The Bertz CT molecular complexity index is 329. The molecule has 0 saturated heterocycles. The van der Waals surface area contributed by atoms with Gasteiger partial charge in [-0.15, -0.1) is 0 Å². The quantitative estimate of drug-likeness (QED) is 0.784. The van der Waals surface area contributed by atoms with Crippen LogP contribution in [0.25, 0.3) is 0 Å². The topological polar surface area (TPSA) is 32.3 Å². The zero-order valence-electron chi connectivity index (χ0n) is 11.5. The molecule has 0 bridgehead atoms. The van der Waals surface area contributed by atoms with Crippen LogP contribution in [-0.4, -0.2) is 11.7 Å². The summed E-state index contributed by atoms with van der Waals surface area (Å²) in [4.78, 5) is 0. The molecule has 0 heterocycles. The van der Waals surface area contributed by atoms with E-state index in [4.69, 9.17) is 0 Å². The molecule has 2 N–H and O–H groups in total. The molecule has 0 amide bonds. The van der Waals surface area contributed by atoms with Gasteiger partial charge in [0.2, 0.25) is 0 Å². The van der Waals surface area contributed by atoms with Crippen LogP contribution in [0, 0.1) is 5.41 Å². The molecule has 2 nitrogen and oxygen atoms in total. The maximum Gasteiger partial charge on any atom is 0.115 e. The second kappa shape index (κ2) is 6.06. The van der Waals surface area contributed by atoms with E-state index in [1.54, 1.807) is 12.1 Å². The molecule has 0 aromatic heterocycles. The molecule has 0 fully saturated rings. The van der Waals surface area contributed by atoms with Crippen molar-refractivity contribution in [2.24, 2.45) is 5.41 Å². The fraction of sp³-hybridized carbons (Fsp3) is 0.600. The summed E-state index contributed by atoms with van der Waals surface area (Å²) in [5, 5.41) is 12.9. The normalized spacial score (nSPS) is 13.6. The third-order valence-electron chi connectivity index (χ3n) is 3.49. The Morgan fingerprint density at radius 1 is 1.18 bits per heavy atom. The zero-order chi connectivity index (χ0) is 12.9. The van der Waals surface area contributed by atoms with Crippen molar-refractivity contribution in [3.05, 3.63) is 29.8 Å². The van der Waals surface area contributed by atoms with Gasteiger partial charge in [0, 0.05) is 12.6 Å². The highest BCUT2D eigenvalue weighted by Crippen LogP contribution is 2.23. The Morgan fingerprint density at radius 2 is 1.76 bits per heavy atom. The van der Waals surface area contributed by atoms with E-state index in [0.29, 0.717) is 17.2 Å². The van der Waals surface area contributed by atoms with E-state index in [1.807, 2.05) is 12.1 Å². The zero-order valence-corrected chi connectivity index (χ0v) is 11.5. The van der Waals surface area contributed by atoms with E-state index in [1.165, 1.54) is 12.0 Å². The Labute approximate surface area is 105 Å². The molecule has 2 heteroatoms. The third-order valence-corrected chi connectivity index (χ3v) is 3.49. The van der Waals surface area contributed by atoms with Crippen molar-refractivity contribution in [2.45, 2.75) is 46.6 Å². The van der Waals surface area contributed by atoms with E-state index in [-0.39, 0.29) is 0 Å². The van der Waals surface area contributed by atoms with Gasteiger partial charge < -0.3 is 10.4 Å². The van der Waals surface area contributed by atoms with Gasteiger partial charge in [-0.3, -0.25) is 0 Å². The first-order valence-corrected chi connectivity index (χ1v) is 6.51. The van der Waals surface area contributed by atoms with Gasteiger partial charge in [-0.25, -0.2) is 0 Å². The molecule has 0 radical (unpaired) electrons. The fourth-order valence-electron chi connectivity index (χ4n) is 1.73. The standard InChI is InChI=1S/C15H25NO/c1-5-14(16-11-15(3,4)6-2)12-7-9-13(17)10-8-12/h7-10,14,16-17H,5-6,11H2,1-4H3. The minimum atomic E-state index is 0.331. The average Bonchev–Trinajstić information content (AvgIpc) is 2.32. The second-order valence-electron chi connectivity index (χ2n) is 5.45. The molecule has 1 unspecified atom stereocenters. The SMILES string of the molecule is CCC(NCC(C)(C)CC)c1ccc(O)cc1. The Kier molecular flexibility index (Phi) is 5.01. The number of nitrogens with one attached hydrogen (secondary N) is 1. The summed E-state index contributed by atoms with van der Waals surface area (Å²) in [5.74, 6) is 0.331. The van der Waals surface area contributed by atoms with Crippen LogP contribution in [0.15, 0.2) is 24.3 Å². The molecule has 1 aromatic rings. The number of rotatable bonds is 6. The Morgan fingerprint density at radius 3 is 2.24 bits per heavy atom. The van der Waals surface area contributed by atoms with Crippen LogP contribution in [0.5, 0.6) is 5.75 Å². The van der Waals surface area contributed by atoms with Crippen molar-refractivity contribution in [1.82, 2.24) is 5.32 Å². The fourth-order valence-corrected chi connectivity index (χ4v) is 1.73. The number of phenols is 1. The molecule has 0 spiro atoms. The minimum absolute atomic E-state index is 0.331. The van der Waals surface area contributed by atoms with Gasteiger partial charge in [-0.05, 0) is 36.0 Å². The lowest BCUT2D eigenvalue weighted by Crippen LogP contribution is -2.31. The first-order valence-electron chi connectivity index (χ1n) is 6.51. The predicted octanol–water partition coefficient (Wildman–Crippen LogP) is 3.87. The van der Waals surface area contributed by atoms with E-state index >= 15 is 0 Å². The van der Waals surface area contributed by atoms with E-state index < -0.39 is 0 Å². The van der Waals surface area contributed by atoms with Crippen LogP contribution >= 0.6 is 0 Å². The highest BCUT2D eigenvalue weighted by Gasteiger charge is 2.17. The molecule has 1 rings (SSSR count). The molecular weight excluding hydrogens is 210 g/mol. The molecule has 0 aliphatic carbocycles. The van der Waals surface area contributed by atoms with Gasteiger partial charge in [0.15, 0.2) is 0 Å². The summed E-state index contributed by atoms with van der Waals surface area (Å²) in [7, 11) is 0. The molecule has 1 atom stereocenters. The second-order valence-corrected chi connectivity index (χ2v) is 5.45. The monoisotopic (exact) mass is 235 g/mol.